The van der Waals surface area contributed by atoms with Crippen LogP contribution in [0.25, 0.3) is 0 Å². The average molecular weight is 351 g/mol. The maximum atomic E-state index is 11.4. The highest BCUT2D eigenvalue weighted by atomic mass is 32.2. The zero-order chi connectivity index (χ0) is 18.1. The second-order valence-electron chi connectivity index (χ2n) is 5.07. The van der Waals surface area contributed by atoms with E-state index in [2.05, 4.69) is 0 Å². The van der Waals surface area contributed by atoms with E-state index in [1.807, 2.05) is 0 Å². The van der Waals surface area contributed by atoms with Crippen molar-refractivity contribution in [2.45, 2.75) is 18.2 Å². The van der Waals surface area contributed by atoms with Gasteiger partial charge < -0.3 is 4.55 Å². The van der Waals surface area contributed by atoms with Crippen molar-refractivity contribution in [1.82, 2.24) is 0 Å². The number of hydrogen-bond acceptors (Lipinski definition) is 7. The molecule has 2 aromatic carbocycles. The second kappa shape index (κ2) is 6.34. The fourth-order valence-corrected chi connectivity index (χ4v) is 2.99. The fraction of sp³-hybridized carbons (Fsp3) is 0.143. The monoisotopic (exact) mass is 351 g/mol. The van der Waals surface area contributed by atoms with Crippen LogP contribution < -0.4 is 0 Å². The first-order chi connectivity index (χ1) is 11.1. The van der Waals surface area contributed by atoms with Crippen LogP contribution in [0.4, 0.5) is 11.4 Å². The van der Waals surface area contributed by atoms with Gasteiger partial charge >= 0.3 is 0 Å². The fourth-order valence-electron chi connectivity index (χ4n) is 2.30. The molecule has 0 saturated carbocycles. The molecule has 0 aliphatic rings. The molecule has 126 valence electrons. The van der Waals surface area contributed by atoms with Crippen molar-refractivity contribution in [2.24, 2.45) is 0 Å². The van der Waals surface area contributed by atoms with Crippen LogP contribution in [0.15, 0.2) is 41.3 Å². The highest BCUT2D eigenvalue weighted by Crippen LogP contribution is 2.28. The van der Waals surface area contributed by atoms with Crippen LogP contribution in [-0.2, 0) is 16.5 Å². The molecular weight excluding hydrogens is 340 g/mol. The number of nitro benzene ring substituents is 2. The minimum atomic E-state index is -4.78. The van der Waals surface area contributed by atoms with Gasteiger partial charge in [0.15, 0.2) is 0 Å². The molecule has 0 heterocycles. The zero-order valence-corrected chi connectivity index (χ0v) is 13.1. The van der Waals surface area contributed by atoms with Crippen LogP contribution in [0.5, 0.6) is 0 Å². The number of nitro groups is 2. The lowest BCUT2D eigenvalue weighted by molar-refractivity contribution is -0.389. The van der Waals surface area contributed by atoms with Gasteiger partial charge in [-0.25, -0.2) is 8.42 Å². The summed E-state index contributed by atoms with van der Waals surface area (Å²) in [6, 6.07) is 6.93. The Bertz CT molecular complexity index is 938. The minimum absolute atomic E-state index is 0.0496. The Kier molecular flexibility index (Phi) is 4.62. The standard InChI is InChI=1S/C14H12N2O7S/c1-9-2-5-14(24(21,22)23)11(6-9)7-10-8-12(15(17)18)3-4-13(10)16(19)20/h2-6,8H,7H2,1H3,(H,21,22,23)/p-1. The Morgan fingerprint density at radius 1 is 0.958 bits per heavy atom. The van der Waals surface area contributed by atoms with Crippen molar-refractivity contribution in [3.63, 3.8) is 0 Å². The Labute approximate surface area is 136 Å². The molecule has 2 rings (SSSR count). The summed E-state index contributed by atoms with van der Waals surface area (Å²) in [5.74, 6) is 0. The van der Waals surface area contributed by atoms with Gasteiger partial charge in [-0.2, -0.15) is 0 Å². The summed E-state index contributed by atoms with van der Waals surface area (Å²) >= 11 is 0. The second-order valence-corrected chi connectivity index (χ2v) is 6.42. The topological polar surface area (TPSA) is 143 Å². The van der Waals surface area contributed by atoms with Crippen molar-refractivity contribution in [1.29, 1.82) is 0 Å². The van der Waals surface area contributed by atoms with E-state index in [1.165, 1.54) is 12.1 Å². The first kappa shape index (κ1) is 17.5. The molecule has 9 nitrogen and oxygen atoms in total. The first-order valence-corrected chi connectivity index (χ1v) is 7.97. The van der Waals surface area contributed by atoms with Crippen molar-refractivity contribution in [2.75, 3.05) is 0 Å². The number of non-ortho nitro benzene ring substituents is 1. The summed E-state index contributed by atoms with van der Waals surface area (Å²) in [5, 5.41) is 22.0. The highest BCUT2D eigenvalue weighted by molar-refractivity contribution is 7.85. The molecule has 2 aromatic rings. The van der Waals surface area contributed by atoms with Crippen LogP contribution in [0.3, 0.4) is 0 Å². The lowest BCUT2D eigenvalue weighted by atomic mass is 10.0. The van der Waals surface area contributed by atoms with Crippen molar-refractivity contribution >= 4 is 21.5 Å². The van der Waals surface area contributed by atoms with Crippen LogP contribution in [0, 0.1) is 27.2 Å². The lowest BCUT2D eigenvalue weighted by Gasteiger charge is -2.14. The molecule has 0 bridgehead atoms. The smallest absolute Gasteiger partial charge is 0.273 e. The molecule has 0 unspecified atom stereocenters. The molecular formula is C14H11N2O7S-. The largest absolute Gasteiger partial charge is 0.744 e. The number of rotatable bonds is 5. The van der Waals surface area contributed by atoms with Crippen LogP contribution in [0.1, 0.15) is 16.7 Å². The van der Waals surface area contributed by atoms with Gasteiger partial charge in [0.1, 0.15) is 10.1 Å². The lowest BCUT2D eigenvalue weighted by Crippen LogP contribution is -2.06. The summed E-state index contributed by atoms with van der Waals surface area (Å²) in [6.45, 7) is 1.66. The van der Waals surface area contributed by atoms with Gasteiger partial charge in [0.2, 0.25) is 0 Å². The van der Waals surface area contributed by atoms with E-state index in [0.29, 0.717) is 5.56 Å². The molecule has 0 spiro atoms. The van der Waals surface area contributed by atoms with E-state index in [9.17, 15) is 33.2 Å². The maximum Gasteiger partial charge on any atom is 0.273 e. The maximum absolute atomic E-state index is 11.4. The van der Waals surface area contributed by atoms with E-state index in [0.717, 1.165) is 24.3 Å². The molecule has 0 atom stereocenters. The molecule has 0 N–H and O–H groups in total. The minimum Gasteiger partial charge on any atom is -0.744 e. The molecule has 24 heavy (non-hydrogen) atoms. The Balaban J connectivity index is 2.63. The molecule has 0 saturated heterocycles. The number of hydrogen-bond donors (Lipinski definition) is 0. The summed E-state index contributed by atoms with van der Waals surface area (Å²) in [7, 11) is -4.78. The Morgan fingerprint density at radius 2 is 1.62 bits per heavy atom. The van der Waals surface area contributed by atoms with Gasteiger partial charge in [0, 0.05) is 30.2 Å². The number of benzene rings is 2. The molecule has 0 aliphatic heterocycles. The van der Waals surface area contributed by atoms with Gasteiger partial charge in [0.05, 0.1) is 14.7 Å². The summed E-state index contributed by atoms with van der Waals surface area (Å²) in [6.07, 6.45) is -0.295. The Hall–Kier alpha value is -2.85. The third-order valence-electron chi connectivity index (χ3n) is 3.34. The SMILES string of the molecule is Cc1ccc(S(=O)(=O)[O-])c(Cc2cc([N+](=O)[O-])ccc2[N+](=O)[O-])c1. The van der Waals surface area contributed by atoms with Gasteiger partial charge in [0.25, 0.3) is 11.4 Å². The molecule has 0 aliphatic carbocycles. The average Bonchev–Trinajstić information content (AvgIpc) is 2.45. The van der Waals surface area contributed by atoms with Crippen molar-refractivity contribution in [3.8, 4) is 0 Å². The van der Waals surface area contributed by atoms with E-state index in [-0.39, 0.29) is 23.2 Å². The van der Waals surface area contributed by atoms with Crippen molar-refractivity contribution < 1.29 is 22.8 Å². The molecule has 0 amide bonds. The molecule has 10 heteroatoms. The number of aryl methyl sites for hydroxylation is 1. The summed E-state index contributed by atoms with van der Waals surface area (Å²) in [5.41, 5.74) is -0.116. The van der Waals surface area contributed by atoms with Gasteiger partial charge in [-0.1, -0.05) is 17.7 Å². The van der Waals surface area contributed by atoms with E-state index in [1.54, 1.807) is 6.92 Å². The van der Waals surface area contributed by atoms with E-state index >= 15 is 0 Å². The molecule has 0 radical (unpaired) electrons. The quantitative estimate of drug-likeness (QED) is 0.456. The van der Waals surface area contributed by atoms with Crippen molar-refractivity contribution in [3.05, 3.63) is 73.3 Å². The predicted octanol–water partition coefficient (Wildman–Crippen LogP) is 2.31. The molecule has 0 fully saturated rings. The van der Waals surface area contributed by atoms with Crippen LogP contribution in [-0.4, -0.2) is 22.8 Å². The zero-order valence-electron chi connectivity index (χ0n) is 12.3. The van der Waals surface area contributed by atoms with Crippen LogP contribution in [0.2, 0.25) is 0 Å². The van der Waals surface area contributed by atoms with E-state index in [4.69, 9.17) is 0 Å². The predicted molar refractivity (Wildman–Crippen MR) is 81.7 cm³/mol. The first-order valence-electron chi connectivity index (χ1n) is 6.56. The number of nitrogens with zero attached hydrogens (tertiary/aromatic N) is 2. The highest BCUT2D eigenvalue weighted by Gasteiger charge is 2.20. The van der Waals surface area contributed by atoms with Gasteiger partial charge in [-0.3, -0.25) is 20.2 Å². The summed E-state index contributed by atoms with van der Waals surface area (Å²) < 4.78 is 34.1. The van der Waals surface area contributed by atoms with Crippen LogP contribution >= 0.6 is 0 Å². The summed E-state index contributed by atoms with van der Waals surface area (Å²) in [4.78, 5) is 20.0. The normalized spacial score (nSPS) is 11.2. The van der Waals surface area contributed by atoms with E-state index < -0.39 is 30.5 Å². The van der Waals surface area contributed by atoms with Gasteiger partial charge in [-0.15, -0.1) is 0 Å². The molecule has 0 aromatic heterocycles. The third kappa shape index (κ3) is 3.73. The van der Waals surface area contributed by atoms with Gasteiger partial charge in [-0.05, 0) is 18.6 Å². The Morgan fingerprint density at radius 3 is 2.17 bits per heavy atom. The third-order valence-corrected chi connectivity index (χ3v) is 4.27.